The van der Waals surface area contributed by atoms with Gasteiger partial charge in [0, 0.05) is 19.3 Å². The van der Waals surface area contributed by atoms with Gasteiger partial charge in [-0.05, 0) is 30.9 Å². The summed E-state index contributed by atoms with van der Waals surface area (Å²) >= 11 is 0. The van der Waals surface area contributed by atoms with Crippen molar-refractivity contribution >= 4 is 11.9 Å². The molecule has 1 heterocycles. The van der Waals surface area contributed by atoms with E-state index < -0.39 is 5.97 Å². The number of carbonyl (C=O) groups excluding carboxylic acids is 1. The van der Waals surface area contributed by atoms with E-state index in [0.29, 0.717) is 24.8 Å². The largest absolute Gasteiger partial charge is 0.480 e. The van der Waals surface area contributed by atoms with E-state index in [9.17, 15) is 9.59 Å². The number of carboxylic acid groups (broad SMARTS) is 1. The molecular formula is C13H18N2O4. The monoisotopic (exact) mass is 266 g/mol. The van der Waals surface area contributed by atoms with Crippen molar-refractivity contribution in [3.8, 4) is 0 Å². The average Bonchev–Trinajstić information content (AvgIpc) is 3.07. The fraction of sp³-hybridized carbons (Fsp3) is 0.538. The first-order chi connectivity index (χ1) is 9.16. The zero-order valence-electron chi connectivity index (χ0n) is 10.7. The molecule has 1 aliphatic rings. The van der Waals surface area contributed by atoms with Crippen molar-refractivity contribution in [1.29, 1.82) is 0 Å². The normalized spacial score (nSPS) is 14.3. The number of carbonyl (C=O) groups is 2. The van der Waals surface area contributed by atoms with Gasteiger partial charge in [-0.3, -0.25) is 9.59 Å². The molecule has 0 bridgehead atoms. The second-order valence-corrected chi connectivity index (χ2v) is 4.69. The lowest BCUT2D eigenvalue weighted by Gasteiger charge is -2.08. The van der Waals surface area contributed by atoms with Gasteiger partial charge in [0.1, 0.15) is 12.2 Å². The highest BCUT2D eigenvalue weighted by Gasteiger charge is 2.21. The zero-order chi connectivity index (χ0) is 13.7. The number of nitrogens with zero attached hydrogens (tertiary/aromatic N) is 1. The summed E-state index contributed by atoms with van der Waals surface area (Å²) in [7, 11) is 0. The standard InChI is InChI=1S/C13H18N2O4/c16-12(17)8-15-6-1-2-11(15)13(18)14-5-7-19-9-10-3-4-10/h1-2,6,10H,3-5,7-9H2,(H,14,18)(H,16,17). The summed E-state index contributed by atoms with van der Waals surface area (Å²) in [6.07, 6.45) is 4.07. The van der Waals surface area contributed by atoms with E-state index in [0.717, 1.165) is 6.61 Å². The van der Waals surface area contributed by atoms with Gasteiger partial charge in [-0.15, -0.1) is 0 Å². The maximum absolute atomic E-state index is 11.8. The fourth-order valence-electron chi connectivity index (χ4n) is 1.77. The minimum absolute atomic E-state index is 0.214. The van der Waals surface area contributed by atoms with Crippen LogP contribution in [0.1, 0.15) is 23.3 Å². The van der Waals surface area contributed by atoms with Crippen LogP contribution < -0.4 is 5.32 Å². The molecule has 0 unspecified atom stereocenters. The maximum atomic E-state index is 11.8. The summed E-state index contributed by atoms with van der Waals surface area (Å²) < 4.78 is 6.81. The third-order valence-electron chi connectivity index (χ3n) is 2.95. The summed E-state index contributed by atoms with van der Waals surface area (Å²) in [5.74, 6) is -0.539. The second kappa shape index (κ2) is 6.38. The minimum atomic E-state index is -0.974. The molecule has 1 saturated carbocycles. The predicted octanol–water partition coefficient (Wildman–Crippen LogP) is 0.729. The number of ether oxygens (including phenoxy) is 1. The van der Waals surface area contributed by atoms with Crippen molar-refractivity contribution in [2.45, 2.75) is 19.4 Å². The molecule has 1 fully saturated rings. The number of amides is 1. The van der Waals surface area contributed by atoms with E-state index in [1.54, 1.807) is 18.3 Å². The lowest BCUT2D eigenvalue weighted by molar-refractivity contribution is -0.137. The van der Waals surface area contributed by atoms with Gasteiger partial charge in [0.15, 0.2) is 0 Å². The van der Waals surface area contributed by atoms with Gasteiger partial charge in [0.2, 0.25) is 0 Å². The van der Waals surface area contributed by atoms with Crippen LogP contribution in [0.4, 0.5) is 0 Å². The highest BCUT2D eigenvalue weighted by molar-refractivity contribution is 5.93. The van der Waals surface area contributed by atoms with Crippen molar-refractivity contribution < 1.29 is 19.4 Å². The molecule has 1 amide bonds. The van der Waals surface area contributed by atoms with E-state index in [-0.39, 0.29) is 12.5 Å². The molecule has 1 aliphatic carbocycles. The lowest BCUT2D eigenvalue weighted by Crippen LogP contribution is -2.29. The number of aromatic nitrogens is 1. The van der Waals surface area contributed by atoms with Crippen molar-refractivity contribution in [2.24, 2.45) is 5.92 Å². The average molecular weight is 266 g/mol. The molecule has 1 aromatic heterocycles. The summed E-state index contributed by atoms with van der Waals surface area (Å²) in [6, 6.07) is 3.25. The molecular weight excluding hydrogens is 248 g/mol. The number of nitrogens with one attached hydrogen (secondary N) is 1. The van der Waals surface area contributed by atoms with Gasteiger partial charge in [-0.2, -0.15) is 0 Å². The molecule has 6 heteroatoms. The molecule has 2 rings (SSSR count). The Labute approximate surface area is 111 Å². The SMILES string of the molecule is O=C(O)Cn1cccc1C(=O)NCCOCC1CC1. The van der Waals surface area contributed by atoms with E-state index in [1.807, 2.05) is 0 Å². The van der Waals surface area contributed by atoms with Gasteiger partial charge in [-0.25, -0.2) is 0 Å². The lowest BCUT2D eigenvalue weighted by atomic mass is 10.4. The maximum Gasteiger partial charge on any atom is 0.323 e. The van der Waals surface area contributed by atoms with Crippen LogP contribution in [-0.2, 0) is 16.1 Å². The van der Waals surface area contributed by atoms with Gasteiger partial charge < -0.3 is 19.7 Å². The van der Waals surface area contributed by atoms with E-state index in [2.05, 4.69) is 5.32 Å². The molecule has 104 valence electrons. The van der Waals surface area contributed by atoms with Crippen molar-refractivity contribution in [1.82, 2.24) is 9.88 Å². The third-order valence-corrected chi connectivity index (χ3v) is 2.95. The van der Waals surface area contributed by atoms with Crippen molar-refractivity contribution in [2.75, 3.05) is 19.8 Å². The quantitative estimate of drug-likeness (QED) is 0.680. The number of hydrogen-bond donors (Lipinski definition) is 2. The Bertz CT molecular complexity index is 451. The highest BCUT2D eigenvalue weighted by Crippen LogP contribution is 2.28. The number of hydrogen-bond acceptors (Lipinski definition) is 3. The van der Waals surface area contributed by atoms with E-state index in [4.69, 9.17) is 9.84 Å². The molecule has 0 saturated heterocycles. The van der Waals surface area contributed by atoms with Crippen LogP contribution in [0, 0.1) is 5.92 Å². The van der Waals surface area contributed by atoms with Crippen LogP contribution in [-0.4, -0.2) is 41.3 Å². The Morgan fingerprint density at radius 2 is 2.26 bits per heavy atom. The first kappa shape index (κ1) is 13.6. The molecule has 19 heavy (non-hydrogen) atoms. The predicted molar refractivity (Wildman–Crippen MR) is 67.9 cm³/mol. The molecule has 0 aliphatic heterocycles. The minimum Gasteiger partial charge on any atom is -0.480 e. The Morgan fingerprint density at radius 1 is 1.47 bits per heavy atom. The Morgan fingerprint density at radius 3 is 2.95 bits per heavy atom. The van der Waals surface area contributed by atoms with Crippen LogP contribution in [0.3, 0.4) is 0 Å². The number of aliphatic carboxylic acids is 1. The molecule has 1 aromatic rings. The Balaban J connectivity index is 1.72. The van der Waals surface area contributed by atoms with E-state index in [1.165, 1.54) is 17.4 Å². The fourth-order valence-corrected chi connectivity index (χ4v) is 1.77. The van der Waals surface area contributed by atoms with Gasteiger partial charge in [0.25, 0.3) is 5.91 Å². The zero-order valence-corrected chi connectivity index (χ0v) is 10.7. The highest BCUT2D eigenvalue weighted by atomic mass is 16.5. The van der Waals surface area contributed by atoms with Crippen molar-refractivity contribution in [3.05, 3.63) is 24.0 Å². The molecule has 0 atom stereocenters. The third kappa shape index (κ3) is 4.40. The molecule has 0 aromatic carbocycles. The first-order valence-corrected chi connectivity index (χ1v) is 6.39. The summed E-state index contributed by atoms with van der Waals surface area (Å²) in [5, 5.41) is 11.4. The van der Waals surface area contributed by atoms with Gasteiger partial charge in [0.05, 0.1) is 6.61 Å². The van der Waals surface area contributed by atoms with E-state index >= 15 is 0 Å². The second-order valence-electron chi connectivity index (χ2n) is 4.69. The van der Waals surface area contributed by atoms with Gasteiger partial charge >= 0.3 is 5.97 Å². The summed E-state index contributed by atoms with van der Waals surface area (Å²) in [6.45, 7) is 1.48. The first-order valence-electron chi connectivity index (χ1n) is 6.39. The molecule has 0 radical (unpaired) electrons. The van der Waals surface area contributed by atoms with Crippen LogP contribution in [0.5, 0.6) is 0 Å². The molecule has 0 spiro atoms. The smallest absolute Gasteiger partial charge is 0.323 e. The van der Waals surface area contributed by atoms with Crippen LogP contribution in [0.15, 0.2) is 18.3 Å². The number of carboxylic acids is 1. The van der Waals surface area contributed by atoms with Crippen molar-refractivity contribution in [3.63, 3.8) is 0 Å². The summed E-state index contributed by atoms with van der Waals surface area (Å²) in [5.41, 5.74) is 0.351. The Kier molecular flexibility index (Phi) is 4.57. The topological polar surface area (TPSA) is 80.6 Å². The molecule has 2 N–H and O–H groups in total. The summed E-state index contributed by atoms with van der Waals surface area (Å²) in [4.78, 5) is 22.5. The Hall–Kier alpha value is -1.82. The molecule has 6 nitrogen and oxygen atoms in total. The van der Waals surface area contributed by atoms with Gasteiger partial charge in [-0.1, -0.05) is 0 Å². The van der Waals surface area contributed by atoms with Crippen LogP contribution >= 0.6 is 0 Å². The van der Waals surface area contributed by atoms with Crippen LogP contribution in [0.2, 0.25) is 0 Å². The number of rotatable bonds is 8. The van der Waals surface area contributed by atoms with Crippen LogP contribution in [0.25, 0.3) is 0 Å².